The van der Waals surface area contributed by atoms with E-state index in [2.05, 4.69) is 46.4 Å². The van der Waals surface area contributed by atoms with Gasteiger partial charge in [0.25, 0.3) is 0 Å². The summed E-state index contributed by atoms with van der Waals surface area (Å²) in [7, 11) is -6.55. The van der Waals surface area contributed by atoms with Crippen LogP contribution in [0.4, 0.5) is 11.4 Å². The van der Waals surface area contributed by atoms with Crippen molar-refractivity contribution in [1.29, 1.82) is 0 Å². The van der Waals surface area contributed by atoms with E-state index in [1.54, 1.807) is 6.07 Å². The Labute approximate surface area is 384 Å². The Bertz CT molecular complexity index is 2360. The Morgan fingerprint density at radius 2 is 1.10 bits per heavy atom. The molecular weight excluding hydrogens is 833 g/mol. The van der Waals surface area contributed by atoms with Crippen LogP contribution in [0, 0.1) is 23.7 Å². The van der Waals surface area contributed by atoms with E-state index in [1.165, 1.54) is 17.4 Å². The van der Waals surface area contributed by atoms with Crippen LogP contribution in [-0.4, -0.2) is 95.1 Å². The number of rotatable bonds is 13. The molecule has 8 rings (SSSR count). The molecule has 2 heterocycles. The van der Waals surface area contributed by atoms with E-state index in [0.29, 0.717) is 52.9 Å². The zero-order valence-corrected chi connectivity index (χ0v) is 37.1. The number of amides is 1. The van der Waals surface area contributed by atoms with Gasteiger partial charge in [-0.05, 0) is 108 Å². The summed E-state index contributed by atoms with van der Waals surface area (Å²) >= 11 is 12.4. The first kappa shape index (κ1) is 47.6. The molecule has 4 aromatic rings. The molecule has 2 aliphatic carbocycles. The smallest absolute Gasteiger partial charge is 1.00 e. The predicted octanol–water partition coefficient (Wildman–Crippen LogP) is 3.79. The maximum absolute atomic E-state index is 12.7. The fourth-order valence-electron chi connectivity index (χ4n) is 9.64. The SMILES string of the molecule is CC1(c2cccc(NS(C)(=O)=O)c2)C2CN(C(=O)CCc3ccccc3Cl)CC21.CC1(c2cccc(NS(C)(=O)=O)c2)C2CN(CCCc3ccccc3Cl)CC21.[AlH3].[H-].[Li+]. The fourth-order valence-corrected chi connectivity index (χ4v) is 11.2. The van der Waals surface area contributed by atoms with Gasteiger partial charge in [-0.2, -0.15) is 0 Å². The van der Waals surface area contributed by atoms with Crippen molar-refractivity contribution in [3.8, 4) is 0 Å². The first-order chi connectivity index (χ1) is 27.0. The third kappa shape index (κ3) is 10.9. The number of aryl methyl sites for hydroxylation is 2. The first-order valence-electron chi connectivity index (χ1n) is 19.6. The zero-order chi connectivity index (χ0) is 40.8. The van der Waals surface area contributed by atoms with Gasteiger partial charge in [-0.15, -0.1) is 0 Å². The number of nitrogens with one attached hydrogen (secondary N) is 2. The summed E-state index contributed by atoms with van der Waals surface area (Å²) in [6.45, 7) is 9.39. The number of piperidine rings is 2. The molecule has 4 atom stereocenters. The Kier molecular flexibility index (Phi) is 15.2. The van der Waals surface area contributed by atoms with Crippen molar-refractivity contribution in [2.75, 3.05) is 54.7 Å². The number of nitrogens with zero attached hydrogens (tertiary/aromatic N) is 2. The van der Waals surface area contributed by atoms with Crippen molar-refractivity contribution in [1.82, 2.24) is 9.80 Å². The van der Waals surface area contributed by atoms with Crippen LogP contribution in [0.3, 0.4) is 0 Å². The molecule has 4 unspecified atom stereocenters. The molecule has 2 saturated carbocycles. The quantitative estimate of drug-likeness (QED) is 0.198. The Morgan fingerprint density at radius 3 is 1.54 bits per heavy atom. The van der Waals surface area contributed by atoms with Crippen LogP contribution in [0.25, 0.3) is 0 Å². The molecule has 15 heteroatoms. The van der Waals surface area contributed by atoms with Gasteiger partial charge in [-0.1, -0.05) is 97.7 Å². The molecule has 4 aliphatic rings. The number of hydrogen-bond donors (Lipinski definition) is 2. The van der Waals surface area contributed by atoms with E-state index in [4.69, 9.17) is 23.2 Å². The summed E-state index contributed by atoms with van der Waals surface area (Å²) in [5.41, 5.74) is 6.01. The summed E-state index contributed by atoms with van der Waals surface area (Å²) in [5, 5.41) is 1.57. The van der Waals surface area contributed by atoms with Gasteiger partial charge in [0, 0.05) is 64.8 Å². The van der Waals surface area contributed by atoms with Crippen LogP contribution < -0.4 is 28.3 Å². The molecule has 4 aromatic carbocycles. The minimum atomic E-state index is -3.30. The normalized spacial score (nSPS) is 25.3. The number of sulfonamides is 2. The molecule has 2 aliphatic heterocycles. The molecule has 59 heavy (non-hydrogen) atoms. The molecule has 4 fully saturated rings. The average molecular weight is 890 g/mol. The summed E-state index contributed by atoms with van der Waals surface area (Å²) in [6.07, 6.45) is 5.59. The Balaban J connectivity index is 0.000000252. The van der Waals surface area contributed by atoms with Crippen molar-refractivity contribution in [2.45, 2.75) is 50.4 Å². The number of carbonyl (C=O) groups excluding carboxylic acids is 1. The van der Waals surface area contributed by atoms with Crippen molar-refractivity contribution in [3.63, 3.8) is 0 Å². The maximum Gasteiger partial charge on any atom is 1.00 e. The second-order valence-electron chi connectivity index (χ2n) is 16.7. The predicted molar refractivity (Wildman–Crippen MR) is 242 cm³/mol. The minimum absolute atomic E-state index is 0. The summed E-state index contributed by atoms with van der Waals surface area (Å²) in [6, 6.07) is 31.2. The van der Waals surface area contributed by atoms with Crippen LogP contribution >= 0.6 is 23.2 Å². The number of fused-ring (bicyclic) bond motifs is 2. The average Bonchev–Trinajstić information content (AvgIpc) is 3.62. The van der Waals surface area contributed by atoms with Gasteiger partial charge in [-0.3, -0.25) is 14.2 Å². The van der Waals surface area contributed by atoms with Crippen molar-refractivity contribution in [2.24, 2.45) is 23.7 Å². The van der Waals surface area contributed by atoms with Crippen LogP contribution in [0.2, 0.25) is 10.0 Å². The van der Waals surface area contributed by atoms with Gasteiger partial charge in [-0.25, -0.2) is 16.8 Å². The van der Waals surface area contributed by atoms with Crippen LogP contribution in [0.15, 0.2) is 97.1 Å². The van der Waals surface area contributed by atoms with Gasteiger partial charge in [0.15, 0.2) is 17.4 Å². The van der Waals surface area contributed by atoms with E-state index in [1.807, 2.05) is 77.7 Å². The molecule has 1 amide bonds. The van der Waals surface area contributed by atoms with Gasteiger partial charge >= 0.3 is 18.9 Å². The topological polar surface area (TPSA) is 116 Å². The molecule has 2 saturated heterocycles. The molecule has 0 aromatic heterocycles. The van der Waals surface area contributed by atoms with Gasteiger partial charge in [0.1, 0.15) is 0 Å². The molecule has 0 bridgehead atoms. The summed E-state index contributed by atoms with van der Waals surface area (Å²) in [4.78, 5) is 17.2. The van der Waals surface area contributed by atoms with E-state index in [9.17, 15) is 21.6 Å². The number of likely N-dealkylation sites (tertiary alicyclic amines) is 2. The van der Waals surface area contributed by atoms with Gasteiger partial charge < -0.3 is 11.2 Å². The van der Waals surface area contributed by atoms with E-state index in [-0.39, 0.29) is 54.4 Å². The largest absolute Gasteiger partial charge is 1.00 e. The number of halogens is 2. The summed E-state index contributed by atoms with van der Waals surface area (Å²) in [5.74, 6) is 2.31. The van der Waals surface area contributed by atoms with E-state index < -0.39 is 20.0 Å². The molecule has 9 nitrogen and oxygen atoms in total. The van der Waals surface area contributed by atoms with Gasteiger partial charge in [0.05, 0.1) is 12.5 Å². The number of anilines is 2. The monoisotopic (exact) mass is 888 g/mol. The van der Waals surface area contributed by atoms with Crippen LogP contribution in [0.1, 0.15) is 50.4 Å². The summed E-state index contributed by atoms with van der Waals surface area (Å²) < 4.78 is 51.2. The van der Waals surface area contributed by atoms with E-state index >= 15 is 0 Å². The fraction of sp³-hybridized carbons (Fsp3) is 0.432. The van der Waals surface area contributed by atoms with Crippen LogP contribution in [0.5, 0.6) is 0 Å². The third-order valence-corrected chi connectivity index (χ3v) is 14.9. The van der Waals surface area contributed by atoms with Crippen LogP contribution in [-0.2, 0) is 48.5 Å². The van der Waals surface area contributed by atoms with E-state index in [0.717, 1.165) is 68.0 Å². The first-order valence-corrected chi connectivity index (χ1v) is 24.1. The molecule has 312 valence electrons. The Morgan fingerprint density at radius 1 is 0.678 bits per heavy atom. The number of hydrogen-bond acceptors (Lipinski definition) is 6. The molecular formula is C44H56AlCl2LiN4O5S2. The molecule has 0 spiro atoms. The van der Waals surface area contributed by atoms with Crippen molar-refractivity contribution >= 4 is 77.9 Å². The molecule has 0 radical (unpaired) electrons. The minimum Gasteiger partial charge on any atom is -1.00 e. The number of benzene rings is 4. The second kappa shape index (κ2) is 18.9. The van der Waals surface area contributed by atoms with Crippen molar-refractivity contribution < 1.29 is 41.9 Å². The van der Waals surface area contributed by atoms with Gasteiger partial charge in [0.2, 0.25) is 26.0 Å². The van der Waals surface area contributed by atoms with Crippen molar-refractivity contribution in [3.05, 3.63) is 129 Å². The Hall–Kier alpha value is -2.48. The standard InChI is InChI=1S/C22H25ClN2O3S.C22H27ClN2O2S.Al.Li.4H/c1-22(16-7-5-8-17(12-16)24-29(2,27)28)18-13-25(14-19(18)22)21(26)11-10-15-6-3-4-9-20(15)23;1-22(17-9-5-10-18(13-17)24-28(2,26)27)19-14-25(15-20(19)22)12-6-8-16-7-3-4-11-21(16)23;;;;;;/h3-9,12,18-19,24H,10-11,13-14H2,1-2H3;3-5,7,9-11,13,19-20,24H,6,8,12,14-15H2,1-2H3;;;;;;/q;;;+1;;;;-1. The number of carbonyl (C=O) groups is 1. The third-order valence-electron chi connectivity index (χ3n) is 13.0. The molecule has 2 N–H and O–H groups in total. The maximum atomic E-state index is 12.7. The zero-order valence-electron chi connectivity index (χ0n) is 34.9. The second-order valence-corrected chi connectivity index (χ2v) is 21.1.